The fraction of sp³-hybridized carbons (Fsp3) is 0.706. The van der Waals surface area contributed by atoms with Gasteiger partial charge >= 0.3 is 31.7 Å². The highest BCUT2D eigenvalue weighted by atomic mass is 32.3. The third-order valence-corrected chi connectivity index (χ3v) is 10.4. The van der Waals surface area contributed by atoms with Crippen LogP contribution in [-0.4, -0.2) is 69.8 Å². The standard InChI is InChI=1S/C13H24NO3Si.C4F10NO4S2/c1-12(2)10-13-6-8-14(9-7-13)11-18(15-3,16-4)17-5;5-1(6,7)3(11,12)20(16,17)15-21(18,19)4(13,14)2(8,9)10/h6-9,12H,10-11H2,1-5H3;/q+1;-1. The summed E-state index contributed by atoms with van der Waals surface area (Å²) in [5, 5.41) is -14.0. The summed E-state index contributed by atoms with van der Waals surface area (Å²) in [6.45, 7) is 4.44. The third kappa shape index (κ3) is 9.21. The Bertz CT molecular complexity index is 1080. The molecular weight excluding hydrogens is 626 g/mol. The lowest BCUT2D eigenvalue weighted by Crippen LogP contribution is -2.56. The number of pyridine rings is 1. The maximum atomic E-state index is 12.3. The average Bonchev–Trinajstić information content (AvgIpc) is 2.76. The molecule has 0 aliphatic carbocycles. The van der Waals surface area contributed by atoms with Gasteiger partial charge in [0.1, 0.15) is 0 Å². The van der Waals surface area contributed by atoms with Crippen LogP contribution in [0.5, 0.6) is 0 Å². The van der Waals surface area contributed by atoms with Crippen molar-refractivity contribution in [1.82, 2.24) is 0 Å². The van der Waals surface area contributed by atoms with Gasteiger partial charge in [-0.3, -0.25) is 0 Å². The molecule has 0 atom stereocenters. The molecule has 0 aliphatic rings. The van der Waals surface area contributed by atoms with Gasteiger partial charge in [0, 0.05) is 33.5 Å². The van der Waals surface area contributed by atoms with Gasteiger partial charge < -0.3 is 17.4 Å². The molecule has 22 heteroatoms. The highest BCUT2D eigenvalue weighted by molar-refractivity contribution is 8.13. The topological polar surface area (TPSA) is 114 Å². The van der Waals surface area contributed by atoms with Crippen molar-refractivity contribution >= 4 is 28.9 Å². The Morgan fingerprint density at radius 2 is 1.10 bits per heavy atom. The van der Waals surface area contributed by atoms with Crippen LogP contribution >= 0.6 is 0 Å². The molecule has 0 fully saturated rings. The van der Waals surface area contributed by atoms with Crippen molar-refractivity contribution in [3.63, 3.8) is 0 Å². The van der Waals surface area contributed by atoms with Gasteiger partial charge in [-0.2, -0.15) is 43.9 Å². The molecule has 39 heavy (non-hydrogen) atoms. The predicted molar refractivity (Wildman–Crippen MR) is 115 cm³/mol. The van der Waals surface area contributed by atoms with Crippen LogP contribution in [0.2, 0.25) is 0 Å². The molecule has 1 aromatic heterocycles. The van der Waals surface area contributed by atoms with Crippen molar-refractivity contribution in [2.24, 2.45) is 5.92 Å². The molecule has 0 unspecified atom stereocenters. The molecule has 0 amide bonds. The van der Waals surface area contributed by atoms with E-state index in [1.165, 1.54) is 5.56 Å². The minimum Gasteiger partial charge on any atom is -0.425 e. The van der Waals surface area contributed by atoms with Crippen LogP contribution in [0, 0.1) is 5.92 Å². The lowest BCUT2D eigenvalue weighted by atomic mass is 10.0. The SMILES string of the molecule is CO[Si](C[n+]1ccc(CC(C)C)cc1)(OC)OC.O=S(=O)([N-]S(=O)(=O)C(F)(F)C(F)(F)F)C(F)(F)C(F)(F)F. The second-order valence-electron chi connectivity index (χ2n) is 7.83. The molecule has 0 aromatic carbocycles. The summed E-state index contributed by atoms with van der Waals surface area (Å²) in [5.41, 5.74) is 1.35. The van der Waals surface area contributed by atoms with Crippen LogP contribution in [0.25, 0.3) is 4.13 Å². The molecule has 0 saturated heterocycles. The fourth-order valence-corrected chi connectivity index (χ4v) is 6.30. The minimum atomic E-state index is -7.62. The predicted octanol–water partition coefficient (Wildman–Crippen LogP) is 3.92. The van der Waals surface area contributed by atoms with Gasteiger partial charge in [-0.05, 0) is 17.9 Å². The zero-order valence-corrected chi connectivity index (χ0v) is 23.3. The van der Waals surface area contributed by atoms with Crippen molar-refractivity contribution in [2.45, 2.75) is 49.3 Å². The van der Waals surface area contributed by atoms with E-state index in [0.717, 1.165) is 6.42 Å². The molecular formula is C17H24F10N2O7S2Si. The van der Waals surface area contributed by atoms with Crippen LogP contribution in [0.1, 0.15) is 19.4 Å². The van der Waals surface area contributed by atoms with E-state index >= 15 is 0 Å². The van der Waals surface area contributed by atoms with Gasteiger partial charge in [-0.25, -0.2) is 21.4 Å². The van der Waals surface area contributed by atoms with Gasteiger partial charge in [0.2, 0.25) is 6.17 Å². The number of sulfonamides is 2. The number of alkyl halides is 10. The number of hydrogen-bond donors (Lipinski definition) is 0. The molecule has 1 rings (SSSR count). The summed E-state index contributed by atoms with van der Waals surface area (Å²) in [7, 11) is -12.9. The Labute approximate surface area is 218 Å². The highest BCUT2D eigenvalue weighted by Crippen LogP contribution is 2.47. The summed E-state index contributed by atoms with van der Waals surface area (Å²) >= 11 is 0. The van der Waals surface area contributed by atoms with Crippen LogP contribution in [0.3, 0.4) is 0 Å². The Kier molecular flexibility index (Phi) is 12.4. The number of nitrogens with zero attached hydrogens (tertiary/aromatic N) is 2. The third-order valence-electron chi connectivity index (χ3n) is 4.42. The molecule has 0 aliphatic heterocycles. The van der Waals surface area contributed by atoms with Gasteiger partial charge in [-0.15, -0.1) is 0 Å². The summed E-state index contributed by atoms with van der Waals surface area (Å²) in [5.74, 6) is 0.672. The zero-order chi connectivity index (χ0) is 31.3. The Morgan fingerprint density at radius 1 is 0.769 bits per heavy atom. The Morgan fingerprint density at radius 3 is 1.36 bits per heavy atom. The molecule has 1 aromatic rings. The first-order chi connectivity index (χ1) is 17.3. The van der Waals surface area contributed by atoms with E-state index in [1.54, 1.807) is 21.3 Å². The second kappa shape index (κ2) is 12.9. The van der Waals surface area contributed by atoms with E-state index in [1.807, 2.05) is 4.57 Å². The number of aromatic nitrogens is 1. The van der Waals surface area contributed by atoms with Crippen LogP contribution in [-0.2, 0) is 45.9 Å². The first-order valence-corrected chi connectivity index (χ1v) is 14.8. The number of hydrogen-bond acceptors (Lipinski definition) is 7. The minimum absolute atomic E-state index is 0.422. The molecule has 0 spiro atoms. The summed E-state index contributed by atoms with van der Waals surface area (Å²) in [4.78, 5) is 0. The van der Waals surface area contributed by atoms with Gasteiger partial charge in [0.05, 0.1) is 0 Å². The number of rotatable bonds is 11. The van der Waals surface area contributed by atoms with Gasteiger partial charge in [0.15, 0.2) is 32.4 Å². The molecule has 1 heterocycles. The van der Waals surface area contributed by atoms with Crippen molar-refractivity contribution in [3.8, 4) is 0 Å². The zero-order valence-electron chi connectivity index (χ0n) is 20.6. The summed E-state index contributed by atoms with van der Waals surface area (Å²) in [6, 6.07) is 4.28. The van der Waals surface area contributed by atoms with Crippen LogP contribution < -0.4 is 4.57 Å². The first kappa shape index (κ1) is 37.4. The molecule has 0 saturated carbocycles. The van der Waals surface area contributed by atoms with E-state index in [2.05, 4.69) is 38.4 Å². The quantitative estimate of drug-likeness (QED) is 0.203. The lowest BCUT2D eigenvalue weighted by Gasteiger charge is -2.31. The van der Waals surface area contributed by atoms with Gasteiger partial charge in [0.25, 0.3) is 0 Å². The van der Waals surface area contributed by atoms with Crippen LogP contribution in [0.4, 0.5) is 43.9 Å². The molecule has 9 nitrogen and oxygen atoms in total. The first-order valence-electron chi connectivity index (χ1n) is 10.0. The maximum absolute atomic E-state index is 12.3. The lowest BCUT2D eigenvalue weighted by molar-refractivity contribution is -0.685. The van der Waals surface area contributed by atoms with Crippen molar-refractivity contribution in [1.29, 1.82) is 0 Å². The van der Waals surface area contributed by atoms with E-state index in [4.69, 9.17) is 13.3 Å². The number of halogens is 10. The monoisotopic (exact) mass is 650 g/mol. The van der Waals surface area contributed by atoms with E-state index in [9.17, 15) is 60.7 Å². The Balaban J connectivity index is 0.000000748. The fourth-order valence-electron chi connectivity index (χ4n) is 2.38. The largest absolute Gasteiger partial charge is 0.569 e. The maximum Gasteiger partial charge on any atom is 0.569 e. The summed E-state index contributed by atoms with van der Waals surface area (Å²) < 4.78 is 179. The Hall–Kier alpha value is -1.59. The normalized spacial score (nSPS) is 14.3. The average molecular weight is 651 g/mol. The molecule has 230 valence electrons. The molecule has 0 radical (unpaired) electrons. The summed E-state index contributed by atoms with van der Waals surface area (Å²) in [6.07, 6.45) is -8.18. The molecule has 0 N–H and O–H groups in total. The van der Waals surface area contributed by atoms with E-state index in [0.29, 0.717) is 16.2 Å². The molecule has 0 bridgehead atoms. The van der Waals surface area contributed by atoms with Crippen molar-refractivity contribution < 1.29 is 78.6 Å². The van der Waals surface area contributed by atoms with Crippen LogP contribution in [0.15, 0.2) is 24.5 Å². The van der Waals surface area contributed by atoms with Crippen molar-refractivity contribution in [2.75, 3.05) is 21.3 Å². The van der Waals surface area contributed by atoms with Crippen molar-refractivity contribution in [3.05, 3.63) is 34.2 Å². The highest BCUT2D eigenvalue weighted by Gasteiger charge is 2.68. The van der Waals surface area contributed by atoms with E-state index in [-0.39, 0.29) is 0 Å². The second-order valence-corrected chi connectivity index (χ2v) is 14.3. The van der Waals surface area contributed by atoms with Gasteiger partial charge in [-0.1, -0.05) is 13.8 Å². The smallest absolute Gasteiger partial charge is 0.425 e. The van der Waals surface area contributed by atoms with E-state index < -0.39 is 51.7 Å².